The van der Waals surface area contributed by atoms with Crippen LogP contribution in [-0.2, 0) is 0 Å². The van der Waals surface area contributed by atoms with Crippen molar-refractivity contribution in [1.29, 1.82) is 0 Å². The van der Waals surface area contributed by atoms with Gasteiger partial charge in [0.1, 0.15) is 11.5 Å². The Bertz CT molecular complexity index is 1030. The van der Waals surface area contributed by atoms with Crippen molar-refractivity contribution in [2.24, 2.45) is 0 Å². The minimum absolute atomic E-state index is 0.0428. The number of pyridine rings is 1. The maximum atomic E-state index is 13.4. The van der Waals surface area contributed by atoms with Gasteiger partial charge in [0.2, 0.25) is 0 Å². The number of fused-ring (bicyclic) bond motifs is 1. The van der Waals surface area contributed by atoms with Gasteiger partial charge in [-0.1, -0.05) is 0 Å². The number of rotatable bonds is 5. The third-order valence-corrected chi connectivity index (χ3v) is 5.46. The zero-order valence-corrected chi connectivity index (χ0v) is 17.0. The van der Waals surface area contributed by atoms with Gasteiger partial charge in [0.05, 0.1) is 31.0 Å². The fraction of sp³-hybridized carbons (Fsp3) is 0.304. The summed E-state index contributed by atoms with van der Waals surface area (Å²) in [5, 5.41) is 0.938. The minimum atomic E-state index is -0.0428. The summed E-state index contributed by atoms with van der Waals surface area (Å²) in [5.41, 5.74) is 3.01. The molecular formula is C23H25N3O3. The van der Waals surface area contributed by atoms with Crippen LogP contribution in [0.1, 0.15) is 15.9 Å². The first kappa shape index (κ1) is 19.2. The Morgan fingerprint density at radius 3 is 2.24 bits per heavy atom. The van der Waals surface area contributed by atoms with Crippen LogP contribution in [0.25, 0.3) is 10.9 Å². The maximum Gasteiger partial charge on any atom is 0.196 e. The number of anilines is 1. The minimum Gasteiger partial charge on any atom is -0.497 e. The molecule has 0 N–H and O–H groups in total. The fourth-order valence-electron chi connectivity index (χ4n) is 3.72. The topological polar surface area (TPSA) is 54.9 Å². The number of likely N-dealkylation sites (N-methyl/N-ethyl adjacent to an activating group) is 1. The van der Waals surface area contributed by atoms with E-state index in [9.17, 15) is 4.79 Å². The Balaban J connectivity index is 1.85. The monoisotopic (exact) mass is 391 g/mol. The second-order valence-corrected chi connectivity index (χ2v) is 7.25. The van der Waals surface area contributed by atoms with Gasteiger partial charge in [-0.3, -0.25) is 9.78 Å². The second kappa shape index (κ2) is 8.09. The van der Waals surface area contributed by atoms with Gasteiger partial charge in [-0.25, -0.2) is 0 Å². The number of benzene rings is 2. The Morgan fingerprint density at radius 1 is 0.931 bits per heavy atom. The van der Waals surface area contributed by atoms with Gasteiger partial charge in [-0.2, -0.15) is 0 Å². The Kier molecular flexibility index (Phi) is 5.36. The number of nitrogens with zero attached hydrogens (tertiary/aromatic N) is 3. The molecule has 6 heteroatoms. The number of aromatic nitrogens is 1. The van der Waals surface area contributed by atoms with E-state index in [1.165, 1.54) is 0 Å². The van der Waals surface area contributed by atoms with Gasteiger partial charge in [-0.15, -0.1) is 0 Å². The lowest BCUT2D eigenvalue weighted by Crippen LogP contribution is -2.45. The molecule has 0 unspecified atom stereocenters. The highest BCUT2D eigenvalue weighted by Crippen LogP contribution is 2.34. The number of piperazine rings is 1. The van der Waals surface area contributed by atoms with Crippen LogP contribution in [-0.4, -0.2) is 63.1 Å². The number of carbonyl (C=O) groups is 1. The molecule has 0 bridgehead atoms. The molecule has 2 heterocycles. The van der Waals surface area contributed by atoms with Gasteiger partial charge < -0.3 is 19.3 Å². The average Bonchev–Trinajstić information content (AvgIpc) is 2.78. The molecular weight excluding hydrogens is 366 g/mol. The van der Waals surface area contributed by atoms with E-state index in [0.717, 1.165) is 54.3 Å². The predicted molar refractivity (Wildman–Crippen MR) is 114 cm³/mol. The molecule has 3 aromatic rings. The van der Waals surface area contributed by atoms with Gasteiger partial charge in [0.25, 0.3) is 0 Å². The summed E-state index contributed by atoms with van der Waals surface area (Å²) in [6, 6.07) is 13.0. The van der Waals surface area contributed by atoms with Crippen molar-refractivity contribution in [2.45, 2.75) is 0 Å². The van der Waals surface area contributed by atoms with Crippen LogP contribution in [0.3, 0.4) is 0 Å². The largest absolute Gasteiger partial charge is 0.497 e. The SMILES string of the molecule is COc1ccc(C(=O)c2cnc3ccc(OC)cc3c2N2CCN(C)CC2)cc1. The third-order valence-electron chi connectivity index (χ3n) is 5.46. The van der Waals surface area contributed by atoms with E-state index in [1.54, 1.807) is 44.7 Å². The molecule has 1 aliphatic rings. The first-order valence-electron chi connectivity index (χ1n) is 9.69. The van der Waals surface area contributed by atoms with E-state index in [-0.39, 0.29) is 5.78 Å². The van der Waals surface area contributed by atoms with Gasteiger partial charge in [0, 0.05) is 43.3 Å². The highest BCUT2D eigenvalue weighted by molar-refractivity contribution is 6.16. The Labute approximate surface area is 170 Å². The summed E-state index contributed by atoms with van der Waals surface area (Å²) in [6.45, 7) is 3.61. The summed E-state index contributed by atoms with van der Waals surface area (Å²) in [4.78, 5) is 22.6. The first-order chi connectivity index (χ1) is 14.1. The second-order valence-electron chi connectivity index (χ2n) is 7.25. The van der Waals surface area contributed by atoms with Crippen molar-refractivity contribution < 1.29 is 14.3 Å². The quantitative estimate of drug-likeness (QED) is 0.623. The lowest BCUT2D eigenvalue weighted by Gasteiger charge is -2.35. The molecule has 1 aliphatic heterocycles. The van der Waals surface area contributed by atoms with Gasteiger partial charge in [0.15, 0.2) is 5.78 Å². The number of ether oxygens (including phenoxy) is 2. The highest BCUT2D eigenvalue weighted by atomic mass is 16.5. The number of methoxy groups -OCH3 is 2. The van der Waals surface area contributed by atoms with E-state index in [4.69, 9.17) is 9.47 Å². The number of ketones is 1. The molecule has 1 aromatic heterocycles. The molecule has 0 amide bonds. The molecule has 0 aliphatic carbocycles. The van der Waals surface area contributed by atoms with Crippen LogP contribution in [0.15, 0.2) is 48.7 Å². The van der Waals surface area contributed by atoms with E-state index in [1.807, 2.05) is 18.2 Å². The normalized spacial score (nSPS) is 14.8. The molecule has 1 fully saturated rings. The highest BCUT2D eigenvalue weighted by Gasteiger charge is 2.24. The van der Waals surface area contributed by atoms with Crippen LogP contribution >= 0.6 is 0 Å². The van der Waals surface area contributed by atoms with E-state index >= 15 is 0 Å². The van der Waals surface area contributed by atoms with E-state index in [0.29, 0.717) is 11.1 Å². The van der Waals surface area contributed by atoms with Crippen LogP contribution < -0.4 is 14.4 Å². The van der Waals surface area contributed by atoms with Crippen molar-refractivity contribution >= 4 is 22.4 Å². The molecule has 6 nitrogen and oxygen atoms in total. The molecule has 150 valence electrons. The summed E-state index contributed by atoms with van der Waals surface area (Å²) < 4.78 is 10.7. The van der Waals surface area contributed by atoms with Crippen molar-refractivity contribution in [3.8, 4) is 11.5 Å². The molecule has 1 saturated heterocycles. The molecule has 4 rings (SSSR count). The number of hydrogen-bond acceptors (Lipinski definition) is 6. The molecule has 0 saturated carbocycles. The smallest absolute Gasteiger partial charge is 0.196 e. The zero-order chi connectivity index (χ0) is 20.4. The molecule has 0 radical (unpaired) electrons. The summed E-state index contributed by atoms with van der Waals surface area (Å²) in [7, 11) is 5.38. The van der Waals surface area contributed by atoms with Crippen molar-refractivity contribution in [3.63, 3.8) is 0 Å². The van der Waals surface area contributed by atoms with Crippen LogP contribution in [0, 0.1) is 0 Å². The third kappa shape index (κ3) is 3.76. The number of hydrogen-bond donors (Lipinski definition) is 0. The maximum absolute atomic E-state index is 13.4. The lowest BCUT2D eigenvalue weighted by molar-refractivity contribution is 0.103. The zero-order valence-electron chi connectivity index (χ0n) is 17.0. The van der Waals surface area contributed by atoms with Crippen molar-refractivity contribution in [1.82, 2.24) is 9.88 Å². The average molecular weight is 391 g/mol. The van der Waals surface area contributed by atoms with Crippen molar-refractivity contribution in [2.75, 3.05) is 52.3 Å². The fourth-order valence-corrected chi connectivity index (χ4v) is 3.72. The standard InChI is InChI=1S/C23H25N3O3/c1-25-10-12-26(13-11-25)22-19-14-18(29-3)8-9-21(19)24-15-20(22)23(27)16-4-6-17(28-2)7-5-16/h4-9,14-15H,10-13H2,1-3H3. The first-order valence-corrected chi connectivity index (χ1v) is 9.69. The summed E-state index contributed by atoms with van der Waals surface area (Å²) in [6.07, 6.45) is 1.70. The predicted octanol–water partition coefficient (Wildman–Crippen LogP) is 3.23. The molecule has 0 atom stereocenters. The lowest BCUT2D eigenvalue weighted by atomic mass is 9.99. The van der Waals surface area contributed by atoms with Crippen LogP contribution in [0.5, 0.6) is 11.5 Å². The molecule has 0 spiro atoms. The summed E-state index contributed by atoms with van der Waals surface area (Å²) in [5.74, 6) is 1.43. The Hall–Kier alpha value is -3.12. The van der Waals surface area contributed by atoms with Crippen LogP contribution in [0.4, 0.5) is 5.69 Å². The van der Waals surface area contributed by atoms with Gasteiger partial charge in [-0.05, 0) is 49.5 Å². The van der Waals surface area contributed by atoms with Gasteiger partial charge >= 0.3 is 0 Å². The van der Waals surface area contributed by atoms with Crippen molar-refractivity contribution in [3.05, 3.63) is 59.8 Å². The summed E-state index contributed by atoms with van der Waals surface area (Å²) >= 11 is 0. The Morgan fingerprint density at radius 2 is 1.59 bits per heavy atom. The van der Waals surface area contributed by atoms with E-state index < -0.39 is 0 Å². The van der Waals surface area contributed by atoms with Crippen LogP contribution in [0.2, 0.25) is 0 Å². The molecule has 2 aromatic carbocycles. The number of carbonyl (C=O) groups excluding carboxylic acids is 1. The molecule has 29 heavy (non-hydrogen) atoms. The van der Waals surface area contributed by atoms with E-state index in [2.05, 4.69) is 21.8 Å².